The monoisotopic (exact) mass is 440 g/mol. The third-order valence-corrected chi connectivity index (χ3v) is 7.05. The molecule has 30 heavy (non-hydrogen) atoms. The first kappa shape index (κ1) is 22.3. The highest BCUT2D eigenvalue weighted by molar-refractivity contribution is 7.89. The van der Waals surface area contributed by atoms with Crippen LogP contribution in [0.15, 0.2) is 53.4 Å². The number of halogens is 3. The van der Waals surface area contributed by atoms with Crippen LogP contribution in [0, 0.1) is 0 Å². The second-order valence-corrected chi connectivity index (χ2v) is 9.22. The Bertz CT molecular complexity index is 999. The molecule has 0 aliphatic carbocycles. The van der Waals surface area contributed by atoms with Crippen LogP contribution in [0.3, 0.4) is 0 Å². The number of sulfonamides is 1. The summed E-state index contributed by atoms with van der Waals surface area (Å²) < 4.78 is 65.7. The van der Waals surface area contributed by atoms with Gasteiger partial charge in [-0.05, 0) is 42.7 Å². The molecule has 0 bridgehead atoms. The van der Waals surface area contributed by atoms with Crippen LogP contribution < -0.4 is 0 Å². The zero-order valence-electron chi connectivity index (χ0n) is 16.5. The maximum absolute atomic E-state index is 13.1. The highest BCUT2D eigenvalue weighted by Gasteiger charge is 2.31. The molecule has 1 saturated heterocycles. The summed E-state index contributed by atoms with van der Waals surface area (Å²) in [7, 11) is -2.31. The van der Waals surface area contributed by atoms with E-state index in [0.29, 0.717) is 18.7 Å². The lowest BCUT2D eigenvalue weighted by Gasteiger charge is -2.27. The lowest BCUT2D eigenvalue weighted by molar-refractivity contribution is -0.137. The maximum atomic E-state index is 13.1. The fourth-order valence-corrected chi connectivity index (χ4v) is 5.16. The number of nitrogens with zero attached hydrogens (tertiary/aromatic N) is 2. The van der Waals surface area contributed by atoms with E-state index in [2.05, 4.69) is 0 Å². The number of piperidine rings is 1. The largest absolute Gasteiger partial charge is 0.416 e. The minimum Gasteiger partial charge on any atom is -0.337 e. The first-order valence-corrected chi connectivity index (χ1v) is 11.1. The van der Waals surface area contributed by atoms with Gasteiger partial charge >= 0.3 is 6.18 Å². The maximum Gasteiger partial charge on any atom is 0.416 e. The molecule has 162 valence electrons. The van der Waals surface area contributed by atoms with Crippen LogP contribution in [0.5, 0.6) is 0 Å². The Kier molecular flexibility index (Phi) is 6.52. The van der Waals surface area contributed by atoms with Gasteiger partial charge in [-0.25, -0.2) is 8.42 Å². The molecule has 0 unspecified atom stereocenters. The van der Waals surface area contributed by atoms with Gasteiger partial charge in [0.05, 0.1) is 16.0 Å². The van der Waals surface area contributed by atoms with Gasteiger partial charge < -0.3 is 4.90 Å². The first-order chi connectivity index (χ1) is 14.1. The van der Waals surface area contributed by atoms with Gasteiger partial charge in [0.1, 0.15) is 0 Å². The average molecular weight is 440 g/mol. The van der Waals surface area contributed by atoms with Crippen molar-refractivity contribution in [3.8, 4) is 0 Å². The van der Waals surface area contributed by atoms with Gasteiger partial charge in [0.25, 0.3) is 5.91 Å². The van der Waals surface area contributed by atoms with Gasteiger partial charge in [0, 0.05) is 26.7 Å². The molecule has 0 spiro atoms. The van der Waals surface area contributed by atoms with Crippen molar-refractivity contribution in [2.75, 3.05) is 20.1 Å². The Labute approximate surface area is 174 Å². The number of hydrogen-bond donors (Lipinski definition) is 0. The quantitative estimate of drug-likeness (QED) is 0.702. The van der Waals surface area contributed by atoms with Crippen LogP contribution in [0.25, 0.3) is 0 Å². The van der Waals surface area contributed by atoms with E-state index >= 15 is 0 Å². The summed E-state index contributed by atoms with van der Waals surface area (Å²) in [6.45, 7) is 0.896. The zero-order chi connectivity index (χ0) is 21.9. The van der Waals surface area contributed by atoms with Crippen molar-refractivity contribution in [2.45, 2.75) is 36.9 Å². The second kappa shape index (κ2) is 8.77. The third-order valence-electron chi connectivity index (χ3n) is 5.10. The molecule has 1 aliphatic rings. The molecule has 1 fully saturated rings. The number of carbonyl (C=O) groups is 1. The summed E-state index contributed by atoms with van der Waals surface area (Å²) in [4.78, 5) is 14.2. The number of hydrogen-bond acceptors (Lipinski definition) is 3. The van der Waals surface area contributed by atoms with Crippen molar-refractivity contribution in [3.05, 3.63) is 65.2 Å². The van der Waals surface area contributed by atoms with Crippen LogP contribution in [0.2, 0.25) is 0 Å². The van der Waals surface area contributed by atoms with E-state index in [1.807, 2.05) is 0 Å². The van der Waals surface area contributed by atoms with E-state index in [0.717, 1.165) is 31.4 Å². The molecule has 0 radical (unpaired) electrons. The smallest absolute Gasteiger partial charge is 0.337 e. The van der Waals surface area contributed by atoms with Crippen LogP contribution in [0.4, 0.5) is 13.2 Å². The normalized spacial score (nSPS) is 15.7. The zero-order valence-corrected chi connectivity index (χ0v) is 17.3. The Morgan fingerprint density at radius 1 is 1.00 bits per heavy atom. The van der Waals surface area contributed by atoms with E-state index in [4.69, 9.17) is 0 Å². The van der Waals surface area contributed by atoms with Gasteiger partial charge in [-0.15, -0.1) is 0 Å². The van der Waals surface area contributed by atoms with Gasteiger partial charge in [-0.1, -0.05) is 30.7 Å². The number of carbonyl (C=O) groups excluding carboxylic acids is 1. The van der Waals surface area contributed by atoms with Gasteiger partial charge in [-0.3, -0.25) is 4.79 Å². The fraction of sp³-hybridized carbons (Fsp3) is 0.381. The lowest BCUT2D eigenvalue weighted by Crippen LogP contribution is -2.37. The lowest BCUT2D eigenvalue weighted by atomic mass is 10.1. The van der Waals surface area contributed by atoms with Crippen molar-refractivity contribution >= 4 is 15.9 Å². The molecule has 0 N–H and O–H groups in total. The molecule has 1 amide bonds. The van der Waals surface area contributed by atoms with Gasteiger partial charge in [0.2, 0.25) is 10.0 Å². The van der Waals surface area contributed by atoms with E-state index in [1.165, 1.54) is 40.5 Å². The van der Waals surface area contributed by atoms with Crippen molar-refractivity contribution in [1.82, 2.24) is 9.21 Å². The summed E-state index contributed by atoms with van der Waals surface area (Å²) in [6, 6.07) is 10.6. The molecule has 1 aliphatic heterocycles. The Balaban J connectivity index is 1.81. The van der Waals surface area contributed by atoms with Crippen LogP contribution in [-0.2, 0) is 22.7 Å². The van der Waals surface area contributed by atoms with E-state index in [1.54, 1.807) is 12.1 Å². The van der Waals surface area contributed by atoms with Crippen LogP contribution in [-0.4, -0.2) is 43.7 Å². The molecular formula is C21H23F3N2O3S. The number of alkyl halides is 3. The van der Waals surface area contributed by atoms with Crippen molar-refractivity contribution in [2.24, 2.45) is 0 Å². The minimum absolute atomic E-state index is 0.0452. The average Bonchev–Trinajstić information content (AvgIpc) is 2.73. The van der Waals surface area contributed by atoms with Crippen molar-refractivity contribution in [3.63, 3.8) is 0 Å². The number of rotatable bonds is 5. The SMILES string of the molecule is CN(Cc1ccc(C(F)(F)F)cc1)C(=O)c1ccccc1S(=O)(=O)N1CCCCC1. The molecule has 5 nitrogen and oxygen atoms in total. The summed E-state index contributed by atoms with van der Waals surface area (Å²) in [5.41, 5.74) is -0.203. The minimum atomic E-state index is -4.43. The highest BCUT2D eigenvalue weighted by atomic mass is 32.2. The van der Waals surface area contributed by atoms with Crippen molar-refractivity contribution < 1.29 is 26.4 Å². The summed E-state index contributed by atoms with van der Waals surface area (Å²) in [5, 5.41) is 0. The summed E-state index contributed by atoms with van der Waals surface area (Å²) in [5.74, 6) is -0.508. The molecule has 0 atom stereocenters. The highest BCUT2D eigenvalue weighted by Crippen LogP contribution is 2.29. The molecule has 3 rings (SSSR count). The third kappa shape index (κ3) is 4.84. The van der Waals surface area contributed by atoms with Crippen LogP contribution in [0.1, 0.15) is 40.7 Å². The summed E-state index contributed by atoms with van der Waals surface area (Å²) in [6.07, 6.45) is -1.89. The first-order valence-electron chi connectivity index (χ1n) is 9.61. The Morgan fingerprint density at radius 3 is 2.20 bits per heavy atom. The number of amides is 1. The summed E-state index contributed by atoms with van der Waals surface area (Å²) >= 11 is 0. The predicted molar refractivity (Wildman–Crippen MR) is 106 cm³/mol. The van der Waals surface area contributed by atoms with E-state index < -0.39 is 27.7 Å². The second-order valence-electron chi connectivity index (χ2n) is 7.32. The molecule has 9 heteroatoms. The Hall–Kier alpha value is -2.39. The van der Waals surface area contributed by atoms with Gasteiger partial charge in [0.15, 0.2) is 0 Å². The number of benzene rings is 2. The van der Waals surface area contributed by atoms with Crippen molar-refractivity contribution in [1.29, 1.82) is 0 Å². The topological polar surface area (TPSA) is 57.7 Å². The molecule has 2 aromatic carbocycles. The standard InChI is InChI=1S/C21H23F3N2O3S/c1-25(15-16-9-11-17(12-10-16)21(22,23)24)20(27)18-7-3-4-8-19(18)30(28,29)26-13-5-2-6-14-26/h3-4,7-12H,2,5-6,13-15H2,1H3. The molecule has 0 saturated carbocycles. The molecule has 0 aromatic heterocycles. The molecule has 1 heterocycles. The van der Waals surface area contributed by atoms with E-state index in [9.17, 15) is 26.4 Å². The molecule has 2 aromatic rings. The van der Waals surface area contributed by atoms with E-state index in [-0.39, 0.29) is 17.0 Å². The predicted octanol–water partition coefficient (Wildman–Crippen LogP) is 4.15. The van der Waals surface area contributed by atoms with Gasteiger partial charge in [-0.2, -0.15) is 17.5 Å². The Morgan fingerprint density at radius 2 is 1.60 bits per heavy atom. The fourth-order valence-electron chi connectivity index (χ4n) is 3.46. The molecular weight excluding hydrogens is 417 g/mol. The van der Waals surface area contributed by atoms with Crippen LogP contribution >= 0.6 is 0 Å².